The third kappa shape index (κ3) is 4.27. The summed E-state index contributed by atoms with van der Waals surface area (Å²) in [6.45, 7) is 13.1. The van der Waals surface area contributed by atoms with Crippen LogP contribution >= 0.6 is 0 Å². The minimum atomic E-state index is -0.404. The number of hydrogen-bond acceptors (Lipinski definition) is 5. The predicted octanol–water partition coefficient (Wildman–Crippen LogP) is 6.23. The van der Waals surface area contributed by atoms with Gasteiger partial charge in [0.2, 0.25) is 0 Å². The van der Waals surface area contributed by atoms with E-state index >= 15 is 0 Å². The summed E-state index contributed by atoms with van der Waals surface area (Å²) >= 11 is 0. The Balaban J connectivity index is 1.71. The second-order valence-corrected chi connectivity index (χ2v) is 13.1. The minimum Gasteiger partial charge on any atom is -0.469 e. The molecule has 0 N–H and O–H groups in total. The molecule has 4 aliphatic rings. The highest BCUT2D eigenvalue weighted by Crippen LogP contribution is 2.69. The van der Waals surface area contributed by atoms with E-state index < -0.39 is 5.41 Å². The molecule has 35 heavy (non-hydrogen) atoms. The molecule has 5 nitrogen and oxygen atoms in total. The summed E-state index contributed by atoms with van der Waals surface area (Å²) < 4.78 is 11.1. The number of carbonyl (C=O) groups excluding carboxylic acids is 3. The maximum atomic E-state index is 14.1. The lowest BCUT2D eigenvalue weighted by atomic mass is 9.40. The molecule has 4 aliphatic carbocycles. The van der Waals surface area contributed by atoms with Crippen molar-refractivity contribution in [2.24, 2.45) is 58.2 Å². The first-order valence-corrected chi connectivity index (χ1v) is 14.3. The molecule has 4 unspecified atom stereocenters. The summed E-state index contributed by atoms with van der Waals surface area (Å²) in [6.07, 6.45) is 8.32. The fourth-order valence-electron chi connectivity index (χ4n) is 9.81. The second kappa shape index (κ2) is 9.82. The zero-order valence-corrected chi connectivity index (χ0v) is 23.1. The van der Waals surface area contributed by atoms with Crippen LogP contribution in [-0.4, -0.2) is 30.9 Å². The molecular weight excluding hydrogens is 440 g/mol. The van der Waals surface area contributed by atoms with E-state index in [9.17, 15) is 14.4 Å². The Bertz CT molecular complexity index is 837. The van der Waals surface area contributed by atoms with E-state index in [1.807, 2.05) is 0 Å². The van der Waals surface area contributed by atoms with Crippen molar-refractivity contribution in [3.63, 3.8) is 0 Å². The minimum absolute atomic E-state index is 0.0903. The number of hydrogen-bond donors (Lipinski definition) is 0. The standard InChI is InChI=1S/C30H48O5/c1-8-20-23-15-17(2)13-14-29(23,5)24-16-25(32)30(6)21(18(3)9-12-26(33)34-7)10-11-22(30)27(24)28(20)35-19(4)31/h17-18,20-24,27-28H,8-16H2,1-7H3/t17-,18-,20-,21-,22?,23+,24?,27?,28?,29+,30-/m1/s1. The number of methoxy groups -OCH3 is 1. The van der Waals surface area contributed by atoms with Gasteiger partial charge in [0.05, 0.1) is 7.11 Å². The van der Waals surface area contributed by atoms with Gasteiger partial charge in [0.25, 0.3) is 0 Å². The van der Waals surface area contributed by atoms with Gasteiger partial charge in [0, 0.05) is 31.1 Å². The van der Waals surface area contributed by atoms with Gasteiger partial charge in [0.1, 0.15) is 11.9 Å². The summed E-state index contributed by atoms with van der Waals surface area (Å²) in [5.74, 6) is 2.96. The number of ether oxygens (including phenoxy) is 2. The first-order chi connectivity index (χ1) is 16.5. The topological polar surface area (TPSA) is 69.7 Å². The fourth-order valence-corrected chi connectivity index (χ4v) is 9.81. The Hall–Kier alpha value is -1.39. The van der Waals surface area contributed by atoms with Crippen LogP contribution in [0.1, 0.15) is 99.3 Å². The number of rotatable bonds is 6. The van der Waals surface area contributed by atoms with Crippen molar-refractivity contribution in [1.29, 1.82) is 0 Å². The van der Waals surface area contributed by atoms with Crippen molar-refractivity contribution >= 4 is 17.7 Å². The van der Waals surface area contributed by atoms with Gasteiger partial charge in [0.15, 0.2) is 0 Å². The maximum Gasteiger partial charge on any atom is 0.305 e. The highest BCUT2D eigenvalue weighted by molar-refractivity contribution is 5.87. The first-order valence-electron chi connectivity index (χ1n) is 14.3. The molecule has 4 fully saturated rings. The molecule has 0 aromatic carbocycles. The van der Waals surface area contributed by atoms with Gasteiger partial charge in [-0.15, -0.1) is 0 Å². The molecule has 0 bridgehead atoms. The zero-order valence-electron chi connectivity index (χ0n) is 23.1. The number of carbonyl (C=O) groups is 3. The lowest BCUT2D eigenvalue weighted by Crippen LogP contribution is -2.64. The monoisotopic (exact) mass is 488 g/mol. The first kappa shape index (κ1) is 26.7. The van der Waals surface area contributed by atoms with Crippen molar-refractivity contribution in [3.05, 3.63) is 0 Å². The number of ketones is 1. The Kier molecular flexibility index (Phi) is 7.48. The van der Waals surface area contributed by atoms with Gasteiger partial charge < -0.3 is 9.47 Å². The van der Waals surface area contributed by atoms with Crippen LogP contribution in [0.15, 0.2) is 0 Å². The average Bonchev–Trinajstić information content (AvgIpc) is 3.17. The lowest BCUT2D eigenvalue weighted by molar-refractivity contribution is -0.211. The van der Waals surface area contributed by atoms with Crippen molar-refractivity contribution in [2.45, 2.75) is 105 Å². The molecule has 198 valence electrons. The Morgan fingerprint density at radius 2 is 1.83 bits per heavy atom. The Morgan fingerprint density at radius 1 is 1.11 bits per heavy atom. The average molecular weight is 489 g/mol. The highest BCUT2D eigenvalue weighted by Gasteiger charge is 2.68. The molecule has 0 aliphatic heterocycles. The molecule has 0 saturated heterocycles. The Morgan fingerprint density at radius 3 is 2.46 bits per heavy atom. The molecule has 0 aromatic rings. The summed E-state index contributed by atoms with van der Waals surface area (Å²) in [6, 6.07) is 0. The number of esters is 2. The number of fused-ring (bicyclic) bond motifs is 5. The second-order valence-electron chi connectivity index (χ2n) is 13.1. The van der Waals surface area contributed by atoms with E-state index in [4.69, 9.17) is 9.47 Å². The molecule has 0 aromatic heterocycles. The molecule has 0 heterocycles. The van der Waals surface area contributed by atoms with Crippen LogP contribution in [-0.2, 0) is 23.9 Å². The molecule has 0 amide bonds. The predicted molar refractivity (Wildman–Crippen MR) is 135 cm³/mol. The third-order valence-corrected chi connectivity index (χ3v) is 11.6. The van der Waals surface area contributed by atoms with Crippen LogP contribution in [0.3, 0.4) is 0 Å². The molecular formula is C30H48O5. The molecule has 5 heteroatoms. The van der Waals surface area contributed by atoms with Crippen molar-refractivity contribution in [3.8, 4) is 0 Å². The highest BCUT2D eigenvalue weighted by atomic mass is 16.5. The molecule has 11 atom stereocenters. The van der Waals surface area contributed by atoms with Gasteiger partial charge in [-0.3, -0.25) is 14.4 Å². The van der Waals surface area contributed by atoms with Crippen molar-refractivity contribution < 1.29 is 23.9 Å². The van der Waals surface area contributed by atoms with Gasteiger partial charge in [-0.25, -0.2) is 0 Å². The van der Waals surface area contributed by atoms with E-state index in [2.05, 4.69) is 34.6 Å². The van der Waals surface area contributed by atoms with Crippen LogP contribution in [0.25, 0.3) is 0 Å². The SMILES string of the molecule is CC[C@H]1C(OC(C)=O)C2C3CC[C@H]([C@H](C)CCC(=O)OC)[C@@]3(C)C(=O)CC2[C@@]2(C)CC[C@@H](C)C[C@@H]12. The molecule has 0 radical (unpaired) electrons. The third-order valence-electron chi connectivity index (χ3n) is 11.6. The fraction of sp³-hybridized carbons (Fsp3) is 0.900. The van der Waals surface area contributed by atoms with Crippen LogP contribution in [0.5, 0.6) is 0 Å². The summed E-state index contributed by atoms with van der Waals surface area (Å²) in [5.41, 5.74) is -0.265. The van der Waals surface area contributed by atoms with Crippen LogP contribution in [0.4, 0.5) is 0 Å². The quantitative estimate of drug-likeness (QED) is 0.415. The smallest absolute Gasteiger partial charge is 0.305 e. The van der Waals surface area contributed by atoms with E-state index in [1.165, 1.54) is 26.4 Å². The normalized spacial score (nSPS) is 45.6. The van der Waals surface area contributed by atoms with E-state index in [0.717, 1.165) is 25.7 Å². The van der Waals surface area contributed by atoms with Gasteiger partial charge in [-0.2, -0.15) is 0 Å². The summed E-state index contributed by atoms with van der Waals surface area (Å²) in [7, 11) is 1.44. The molecule has 0 spiro atoms. The van der Waals surface area contributed by atoms with Gasteiger partial charge in [-0.1, -0.05) is 41.0 Å². The lowest BCUT2D eigenvalue weighted by Gasteiger charge is -2.64. The summed E-state index contributed by atoms with van der Waals surface area (Å²) in [5, 5.41) is 0. The maximum absolute atomic E-state index is 14.1. The van der Waals surface area contributed by atoms with Crippen LogP contribution in [0, 0.1) is 58.2 Å². The number of Topliss-reactive ketones (excluding diaryl/α,β-unsaturated/α-hetero) is 1. The van der Waals surface area contributed by atoms with Gasteiger partial charge in [-0.05, 0) is 85.4 Å². The van der Waals surface area contributed by atoms with Crippen LogP contribution < -0.4 is 0 Å². The van der Waals surface area contributed by atoms with E-state index in [-0.39, 0.29) is 47.1 Å². The van der Waals surface area contributed by atoms with Crippen molar-refractivity contribution in [1.82, 2.24) is 0 Å². The molecule has 4 rings (SSSR count). The van der Waals surface area contributed by atoms with Crippen LogP contribution in [0.2, 0.25) is 0 Å². The van der Waals surface area contributed by atoms with Gasteiger partial charge >= 0.3 is 11.9 Å². The van der Waals surface area contributed by atoms with E-state index in [0.29, 0.717) is 42.3 Å². The largest absolute Gasteiger partial charge is 0.469 e. The molecule has 4 saturated carbocycles. The van der Waals surface area contributed by atoms with Crippen molar-refractivity contribution in [2.75, 3.05) is 7.11 Å². The zero-order chi connectivity index (χ0) is 25.7. The summed E-state index contributed by atoms with van der Waals surface area (Å²) in [4.78, 5) is 38.3. The van der Waals surface area contributed by atoms with E-state index in [1.54, 1.807) is 6.92 Å². The Labute approximate surface area is 212 Å².